The Bertz CT molecular complexity index is 7690. The Hall–Kier alpha value is -16.7. The number of rotatable bonds is 0. The molecule has 18 heterocycles. The van der Waals surface area contributed by atoms with Crippen LogP contribution in [0.2, 0.25) is 0 Å². The predicted molar refractivity (Wildman–Crippen MR) is 585 cm³/mol. The third kappa shape index (κ3) is 20.3. The molecule has 738 valence electrons. The first-order chi connectivity index (χ1) is 71.1. The second-order valence-electron chi connectivity index (χ2n) is 39.4. The Morgan fingerprint density at radius 2 is 0.555 bits per heavy atom. The fraction of sp³-hybridized carbons (Fsp3) is 0.293. The molecule has 146 heavy (non-hydrogen) atoms. The number of aromatic nitrogens is 23. The minimum atomic E-state index is 0.613. The van der Waals surface area contributed by atoms with Gasteiger partial charge in [0.15, 0.2) is 11.5 Å². The minimum absolute atomic E-state index is 0.613. The van der Waals surface area contributed by atoms with Gasteiger partial charge in [0.05, 0.1) is 140 Å². The molecule has 23 aromatic rings. The summed E-state index contributed by atoms with van der Waals surface area (Å²) in [6.07, 6.45) is 28.5. The van der Waals surface area contributed by atoms with E-state index in [1.54, 1.807) is 0 Å². The highest BCUT2D eigenvalue weighted by molar-refractivity contribution is 5.94. The number of ether oxygens (including phenoxy) is 4. The SMILES string of the molecule is Cc1nc2cc3[nH]ccc3cc2[nH]1.Cc1nc2cc3c(cc2[nH]1)CC=C3.Cc1nc2cc3c(cc2[nH]1)CC=N3.Cc1nc2cc3c(cc2[nH]1)CCC3.Cc1nc2cc3c(cc2[nH]1)CCC3.Cc1nc2cc3c(cc2[nH]1)CCCC3.Cc1nc2cc3c(cc2[nH]1)CCCO3.Cc1nc2cc3c(cc2[nH]1)CCN3.Cc1nc2cc3c(cc2[nH]1)CCN3.Cc1nc2cc3c(cc2[nH]1)CCO3.Cc1nc2cc3c(cc2[nH]1)OCCO3. The van der Waals surface area contributed by atoms with E-state index in [1.165, 1.54) is 170 Å². The van der Waals surface area contributed by atoms with E-state index in [2.05, 4.69) is 252 Å². The van der Waals surface area contributed by atoms with Crippen LogP contribution in [-0.4, -0.2) is 160 Å². The lowest BCUT2D eigenvalue weighted by atomic mass is 9.91. The summed E-state index contributed by atoms with van der Waals surface area (Å²) in [6.45, 7) is 26.8. The lowest BCUT2D eigenvalue weighted by Gasteiger charge is -2.17. The topological polar surface area (TPSA) is 405 Å². The van der Waals surface area contributed by atoms with E-state index in [9.17, 15) is 0 Å². The van der Waals surface area contributed by atoms with Crippen molar-refractivity contribution >= 4 is 162 Å². The highest BCUT2D eigenvalue weighted by Gasteiger charge is 2.23. The maximum absolute atomic E-state index is 5.59. The third-order valence-corrected chi connectivity index (χ3v) is 28.2. The zero-order chi connectivity index (χ0) is 99.3. The maximum Gasteiger partial charge on any atom is 0.163 e. The van der Waals surface area contributed by atoms with Crippen molar-refractivity contribution in [2.75, 3.05) is 50.2 Å². The van der Waals surface area contributed by atoms with Crippen LogP contribution >= 0.6 is 0 Å². The second kappa shape index (κ2) is 39.9. The molecule has 0 amide bonds. The average molecular weight is 1940 g/mol. The van der Waals surface area contributed by atoms with Crippen molar-refractivity contribution in [3.63, 3.8) is 0 Å². The fourth-order valence-corrected chi connectivity index (χ4v) is 21.4. The number of allylic oxidation sites excluding steroid dienone is 1. The smallest absolute Gasteiger partial charge is 0.163 e. The molecule has 0 spiro atoms. The van der Waals surface area contributed by atoms with E-state index in [1.807, 2.05) is 119 Å². The fourth-order valence-electron chi connectivity index (χ4n) is 21.4. The summed E-state index contributed by atoms with van der Waals surface area (Å²) in [6, 6.07) is 49.1. The van der Waals surface area contributed by atoms with Gasteiger partial charge in [0, 0.05) is 84.9 Å². The van der Waals surface area contributed by atoms with Crippen LogP contribution in [0.3, 0.4) is 0 Å². The van der Waals surface area contributed by atoms with Crippen LogP contribution in [0.4, 0.5) is 17.1 Å². The van der Waals surface area contributed by atoms with Crippen LogP contribution in [0.1, 0.15) is 168 Å². The van der Waals surface area contributed by atoms with Crippen LogP contribution < -0.4 is 29.6 Å². The van der Waals surface area contributed by atoms with Gasteiger partial charge in [-0.15, -0.1) is 0 Å². The Morgan fingerprint density at radius 1 is 0.233 bits per heavy atom. The molecular weight excluding hydrogens is 1820 g/mol. The lowest BCUT2D eigenvalue weighted by Crippen LogP contribution is -2.15. The number of hydrogen-bond acceptors (Lipinski definition) is 18. The number of aryl methyl sites for hydroxylation is 18. The lowest BCUT2D eigenvalue weighted by molar-refractivity contribution is 0.172. The highest BCUT2D eigenvalue weighted by Crippen LogP contribution is 2.39. The van der Waals surface area contributed by atoms with Gasteiger partial charge in [0.1, 0.15) is 88.8 Å². The van der Waals surface area contributed by atoms with Gasteiger partial charge in [-0.05, 0) is 360 Å². The van der Waals surface area contributed by atoms with Gasteiger partial charge in [0.25, 0.3) is 0 Å². The monoisotopic (exact) mass is 1940 g/mol. The highest BCUT2D eigenvalue weighted by atomic mass is 16.6. The van der Waals surface area contributed by atoms with E-state index in [0.29, 0.717) is 13.2 Å². The molecule has 4 aliphatic carbocycles. The van der Waals surface area contributed by atoms with Crippen molar-refractivity contribution in [2.45, 2.75) is 185 Å². The van der Waals surface area contributed by atoms with Gasteiger partial charge in [-0.25, -0.2) is 54.8 Å². The molecule has 30 nitrogen and oxygen atoms in total. The zero-order valence-electron chi connectivity index (χ0n) is 84.4. The summed E-state index contributed by atoms with van der Waals surface area (Å²) in [5, 5.41) is 7.91. The summed E-state index contributed by atoms with van der Waals surface area (Å²) in [5.74, 6) is 14.3. The molecule has 0 radical (unpaired) electrons. The quantitative estimate of drug-likeness (QED) is 0.0670. The third-order valence-electron chi connectivity index (χ3n) is 28.2. The molecule has 0 bridgehead atoms. The molecule has 11 aromatic carbocycles. The van der Waals surface area contributed by atoms with Crippen LogP contribution in [-0.2, 0) is 77.0 Å². The molecule has 12 aromatic heterocycles. The van der Waals surface area contributed by atoms with Crippen molar-refractivity contribution in [3.05, 3.63) is 288 Å². The largest absolute Gasteiger partial charge is 0.493 e. The first kappa shape index (κ1) is 93.0. The molecule has 30 heteroatoms. The van der Waals surface area contributed by atoms with Gasteiger partial charge in [-0.3, -0.25) is 4.99 Å². The average Bonchev–Trinajstić information content (AvgIpc) is 1.69. The first-order valence-electron chi connectivity index (χ1n) is 51.1. The molecule has 14 N–H and O–H groups in total. The van der Waals surface area contributed by atoms with Gasteiger partial charge in [-0.1, -0.05) is 12.2 Å². The van der Waals surface area contributed by atoms with Gasteiger partial charge in [0.2, 0.25) is 0 Å². The van der Waals surface area contributed by atoms with Crippen molar-refractivity contribution in [1.29, 1.82) is 0 Å². The van der Waals surface area contributed by atoms with Crippen LogP contribution in [0.5, 0.6) is 23.0 Å². The van der Waals surface area contributed by atoms with Crippen LogP contribution in [0.15, 0.2) is 157 Å². The Morgan fingerprint density at radius 3 is 1.01 bits per heavy atom. The van der Waals surface area contributed by atoms with E-state index < -0.39 is 0 Å². The van der Waals surface area contributed by atoms with Crippen LogP contribution in [0, 0.1) is 76.2 Å². The van der Waals surface area contributed by atoms with Gasteiger partial charge < -0.3 is 89.4 Å². The number of H-pyrrole nitrogens is 12. The summed E-state index contributed by atoms with van der Waals surface area (Å²) in [7, 11) is 0. The van der Waals surface area contributed by atoms with Crippen molar-refractivity contribution in [2.24, 2.45) is 4.99 Å². The van der Waals surface area contributed by atoms with E-state index >= 15 is 0 Å². The molecular formula is C116H120N26O4. The molecule has 0 saturated carbocycles. The van der Waals surface area contributed by atoms with Gasteiger partial charge in [-0.2, -0.15) is 0 Å². The van der Waals surface area contributed by atoms with Crippen LogP contribution in [0.25, 0.3) is 138 Å². The Balaban J connectivity index is 0.0000000886. The first-order valence-corrected chi connectivity index (χ1v) is 51.1. The molecule has 6 aliphatic heterocycles. The van der Waals surface area contributed by atoms with Crippen molar-refractivity contribution in [3.8, 4) is 23.0 Å². The number of imidazole rings is 11. The molecule has 0 atom stereocenters. The summed E-state index contributed by atoms with van der Waals surface area (Å²) >= 11 is 0. The second-order valence-corrected chi connectivity index (χ2v) is 39.4. The minimum Gasteiger partial charge on any atom is -0.493 e. The van der Waals surface area contributed by atoms with Crippen molar-refractivity contribution < 1.29 is 18.9 Å². The molecule has 0 saturated heterocycles. The Kier molecular flexibility index (Phi) is 25.4. The number of hydrogen-bond donors (Lipinski definition) is 14. The normalized spacial score (nSPS) is 14.5. The zero-order valence-corrected chi connectivity index (χ0v) is 84.4. The molecule has 10 aliphatic rings. The number of nitrogens with one attached hydrogen (secondary N) is 14. The maximum atomic E-state index is 5.59. The summed E-state index contributed by atoms with van der Waals surface area (Å²) in [5.41, 5.74) is 47.1. The Labute approximate surface area is 841 Å². The number of aromatic amines is 12. The number of nitrogens with zero attached hydrogens (tertiary/aromatic N) is 12. The number of benzene rings is 11. The van der Waals surface area contributed by atoms with Crippen molar-refractivity contribution in [1.82, 2.24) is 115 Å². The predicted octanol–water partition coefficient (Wildman–Crippen LogP) is 23.7. The number of aliphatic imine (C=N–C) groups is 1. The molecule has 33 rings (SSSR count). The summed E-state index contributed by atoms with van der Waals surface area (Å²) in [4.78, 5) is 91.4. The molecule has 0 fully saturated rings. The number of anilines is 2. The van der Waals surface area contributed by atoms with E-state index in [-0.39, 0.29) is 0 Å². The van der Waals surface area contributed by atoms with Gasteiger partial charge >= 0.3 is 0 Å². The van der Waals surface area contributed by atoms with E-state index in [0.717, 1.165) is 274 Å². The standard InChI is InChI=1S/C12H14N2.C11H12N2O.2C11H12N2.C11H10N2.2C10H11N3.2C10H9N3.C10H10N2O2.C10H10N2O/c1-8-13-11-6-9-4-2-3-5-10(9)7-12(11)14-8;1-7-12-9-5-8-3-2-4-14-11(8)6-10(9)13-7;3*1-7-12-10-5-8-3-2-4-9(8)6-11(10)13-7;4*1-6-12-9-4-7-2-3-11-8(7)5-10(9)13-6;1-6-11-7-4-9-10(5-8(7)12-6)14-3-2-13-9;1-6-11-8-4-7-2-3-13-10(7)5-9(8)12-6/h6-7H,2-5H2,1H3,(H,13,14);5-6H,2-4H2,1H3,(H,12,13);2*5-6H,2-4H2,1H3,(H,12,13);2-3,5-6H,4H2,1H3,(H,12,13);2*4-5,11H,2-3H2,1H3,(H,12,13);3-5H,2H2,1H3,(H,12,13);2-5,11H,1H3,(H,12,13);4-5H,2-3H2,1H3,(H,11,12);4-5H,2-3H2,1H3,(H,11,12). The summed E-state index contributed by atoms with van der Waals surface area (Å²) < 4.78 is 22.0. The number of fused-ring (bicyclic) bond motifs is 22. The molecule has 0 unspecified atom stereocenters. The van der Waals surface area contributed by atoms with E-state index in [4.69, 9.17) is 18.9 Å².